The number of rotatable bonds is 0. The van der Waals surface area contributed by atoms with Crippen molar-refractivity contribution in [3.8, 4) is 0 Å². The maximum atomic E-state index is 12.3. The zero-order valence-corrected chi connectivity index (χ0v) is 7.56. The van der Waals surface area contributed by atoms with Crippen LogP contribution < -0.4 is 5.32 Å². The second-order valence-electron chi connectivity index (χ2n) is 3.24. The fraction of sp³-hybridized carbons (Fsp3) is 0.333. The summed E-state index contributed by atoms with van der Waals surface area (Å²) in [5.74, 6) is -0.191. The molecule has 6 heteroatoms. The van der Waals surface area contributed by atoms with Gasteiger partial charge >= 0.3 is 6.18 Å². The molecule has 1 aliphatic rings. The van der Waals surface area contributed by atoms with E-state index < -0.39 is 11.9 Å². The van der Waals surface area contributed by atoms with Crippen molar-refractivity contribution in [2.24, 2.45) is 0 Å². The lowest BCUT2D eigenvalue weighted by atomic mass is 10.1. The molecule has 80 valence electrons. The van der Waals surface area contributed by atoms with Gasteiger partial charge in [0.25, 0.3) is 0 Å². The zero-order valence-electron chi connectivity index (χ0n) is 7.56. The van der Waals surface area contributed by atoms with Crippen LogP contribution in [0.3, 0.4) is 0 Å². The van der Waals surface area contributed by atoms with Gasteiger partial charge in [-0.15, -0.1) is 0 Å². The molecule has 1 aromatic rings. The third-order valence-electron chi connectivity index (χ3n) is 2.13. The Morgan fingerprint density at radius 1 is 1.27 bits per heavy atom. The lowest BCUT2D eigenvalue weighted by Gasteiger charge is -2.17. The van der Waals surface area contributed by atoms with Crippen LogP contribution in [-0.2, 0) is 17.4 Å². The van der Waals surface area contributed by atoms with Crippen molar-refractivity contribution in [3.05, 3.63) is 23.5 Å². The van der Waals surface area contributed by atoms with E-state index in [2.05, 4.69) is 10.3 Å². The number of hydrogen-bond acceptors (Lipinski definition) is 2. The first kappa shape index (κ1) is 9.95. The predicted molar refractivity (Wildman–Crippen MR) is 46.2 cm³/mol. The number of hydrogen-bond donors (Lipinski definition) is 1. The van der Waals surface area contributed by atoms with E-state index in [4.69, 9.17) is 0 Å². The molecule has 0 radical (unpaired) electrons. The van der Waals surface area contributed by atoms with Gasteiger partial charge in [0, 0.05) is 12.8 Å². The number of nitrogens with one attached hydrogen (secondary N) is 1. The van der Waals surface area contributed by atoms with Crippen molar-refractivity contribution < 1.29 is 18.0 Å². The maximum absolute atomic E-state index is 12.3. The fourth-order valence-corrected chi connectivity index (χ4v) is 1.41. The fourth-order valence-electron chi connectivity index (χ4n) is 1.41. The van der Waals surface area contributed by atoms with Crippen LogP contribution in [-0.4, -0.2) is 10.9 Å². The normalized spacial score (nSPS) is 15.8. The topological polar surface area (TPSA) is 42.0 Å². The number of halogens is 3. The van der Waals surface area contributed by atoms with E-state index in [1.807, 2.05) is 0 Å². The van der Waals surface area contributed by atoms with Crippen molar-refractivity contribution in [1.29, 1.82) is 0 Å². The number of carbonyl (C=O) groups is 1. The van der Waals surface area contributed by atoms with Crippen LogP contribution in [0.2, 0.25) is 0 Å². The van der Waals surface area contributed by atoms with Crippen LogP contribution in [0.1, 0.15) is 17.8 Å². The van der Waals surface area contributed by atoms with E-state index in [0.717, 1.165) is 6.07 Å². The van der Waals surface area contributed by atoms with Crippen molar-refractivity contribution in [2.75, 3.05) is 5.32 Å². The minimum atomic E-state index is -4.43. The summed E-state index contributed by atoms with van der Waals surface area (Å²) < 4.78 is 36.9. The highest BCUT2D eigenvalue weighted by Crippen LogP contribution is 2.30. The third-order valence-corrected chi connectivity index (χ3v) is 2.13. The molecular formula is C9H7F3N2O. The van der Waals surface area contributed by atoms with Gasteiger partial charge in [-0.1, -0.05) is 0 Å². The van der Waals surface area contributed by atoms with E-state index in [-0.39, 0.29) is 18.7 Å². The first-order chi connectivity index (χ1) is 6.97. The summed E-state index contributed by atoms with van der Waals surface area (Å²) in [4.78, 5) is 14.4. The molecule has 1 amide bonds. The summed E-state index contributed by atoms with van der Waals surface area (Å²) in [7, 11) is 0. The number of carbonyl (C=O) groups excluding carboxylic acids is 1. The molecule has 1 N–H and O–H groups in total. The predicted octanol–water partition coefficient (Wildman–Crippen LogP) is 1.99. The molecule has 0 bridgehead atoms. The highest BCUT2D eigenvalue weighted by Gasteiger charge is 2.33. The smallest absolute Gasteiger partial charge is 0.324 e. The molecule has 0 aromatic carbocycles. The molecule has 3 nitrogen and oxygen atoms in total. The summed E-state index contributed by atoms with van der Waals surface area (Å²) >= 11 is 0. The largest absolute Gasteiger partial charge is 0.433 e. The quantitative estimate of drug-likeness (QED) is 0.720. The van der Waals surface area contributed by atoms with E-state index >= 15 is 0 Å². The molecule has 0 fully saturated rings. The van der Waals surface area contributed by atoms with Gasteiger partial charge in [-0.05, 0) is 12.1 Å². The highest BCUT2D eigenvalue weighted by atomic mass is 19.4. The van der Waals surface area contributed by atoms with E-state index in [1.54, 1.807) is 0 Å². The molecule has 15 heavy (non-hydrogen) atoms. The number of aryl methyl sites for hydroxylation is 1. The number of amides is 1. The Morgan fingerprint density at radius 2 is 2.00 bits per heavy atom. The highest BCUT2D eigenvalue weighted by molar-refractivity contribution is 5.93. The summed E-state index contributed by atoms with van der Waals surface area (Å²) in [6.07, 6.45) is -4.00. The lowest BCUT2D eigenvalue weighted by Crippen LogP contribution is -2.21. The first-order valence-corrected chi connectivity index (χ1v) is 4.34. The average Bonchev–Trinajstić information content (AvgIpc) is 2.15. The van der Waals surface area contributed by atoms with Crippen LogP contribution in [0.4, 0.5) is 18.9 Å². The van der Waals surface area contributed by atoms with Gasteiger partial charge in [-0.25, -0.2) is 4.98 Å². The van der Waals surface area contributed by atoms with Crippen LogP contribution in [0.25, 0.3) is 0 Å². The molecule has 0 atom stereocenters. The molecule has 0 aliphatic carbocycles. The van der Waals surface area contributed by atoms with Gasteiger partial charge in [0.05, 0.1) is 11.4 Å². The van der Waals surface area contributed by atoms with Crippen molar-refractivity contribution in [1.82, 2.24) is 4.98 Å². The van der Waals surface area contributed by atoms with Crippen LogP contribution >= 0.6 is 0 Å². The second-order valence-corrected chi connectivity index (χ2v) is 3.24. The lowest BCUT2D eigenvalue weighted by molar-refractivity contribution is -0.141. The summed E-state index contributed by atoms with van der Waals surface area (Å²) in [5, 5.41) is 2.47. The standard InChI is InChI=1S/C9H7F3N2O/c10-9(11,12)7-3-1-6-5(13-7)2-4-8(15)14-6/h1,3H,2,4H2,(H,14,15). The van der Waals surface area contributed by atoms with Gasteiger partial charge in [0.15, 0.2) is 0 Å². The molecule has 1 aromatic heterocycles. The van der Waals surface area contributed by atoms with Gasteiger partial charge in [0.1, 0.15) is 5.69 Å². The van der Waals surface area contributed by atoms with Crippen molar-refractivity contribution in [2.45, 2.75) is 19.0 Å². The summed E-state index contributed by atoms with van der Waals surface area (Å²) in [6.45, 7) is 0. The number of nitrogens with zero attached hydrogens (tertiary/aromatic N) is 1. The summed E-state index contributed by atoms with van der Waals surface area (Å²) in [5.41, 5.74) is -0.249. The van der Waals surface area contributed by atoms with E-state index in [0.29, 0.717) is 11.4 Å². The van der Waals surface area contributed by atoms with Crippen LogP contribution in [0, 0.1) is 0 Å². The first-order valence-electron chi connectivity index (χ1n) is 4.34. The Labute approximate surface area is 83.3 Å². The molecule has 0 saturated carbocycles. The van der Waals surface area contributed by atoms with Gasteiger partial charge in [-0.3, -0.25) is 4.79 Å². The average molecular weight is 216 g/mol. The molecule has 0 unspecified atom stereocenters. The number of alkyl halides is 3. The van der Waals surface area contributed by atoms with E-state index in [1.165, 1.54) is 6.07 Å². The van der Waals surface area contributed by atoms with Crippen molar-refractivity contribution >= 4 is 11.6 Å². The van der Waals surface area contributed by atoms with Gasteiger partial charge in [-0.2, -0.15) is 13.2 Å². The second kappa shape index (κ2) is 3.22. The molecular weight excluding hydrogens is 209 g/mol. The minimum absolute atomic E-state index is 0.182. The third kappa shape index (κ3) is 1.93. The zero-order chi connectivity index (χ0) is 11.1. The van der Waals surface area contributed by atoms with Crippen molar-refractivity contribution in [3.63, 3.8) is 0 Å². The SMILES string of the molecule is O=C1CCc2nc(C(F)(F)F)ccc2N1. The minimum Gasteiger partial charge on any atom is -0.324 e. The monoisotopic (exact) mass is 216 g/mol. The number of pyridine rings is 1. The molecule has 2 rings (SSSR count). The van der Waals surface area contributed by atoms with E-state index in [9.17, 15) is 18.0 Å². The number of aromatic nitrogens is 1. The van der Waals surface area contributed by atoms with Crippen LogP contribution in [0.5, 0.6) is 0 Å². The Balaban J connectivity index is 2.39. The molecule has 2 heterocycles. The Kier molecular flexibility index (Phi) is 2.13. The number of anilines is 1. The van der Waals surface area contributed by atoms with Gasteiger partial charge in [0.2, 0.25) is 5.91 Å². The molecule has 1 aliphatic heterocycles. The Bertz CT molecular complexity index is 414. The maximum Gasteiger partial charge on any atom is 0.433 e. The van der Waals surface area contributed by atoms with Gasteiger partial charge < -0.3 is 5.32 Å². The Hall–Kier alpha value is -1.59. The Morgan fingerprint density at radius 3 is 2.67 bits per heavy atom. The van der Waals surface area contributed by atoms with Crippen LogP contribution in [0.15, 0.2) is 12.1 Å². The molecule has 0 saturated heterocycles. The molecule has 0 spiro atoms. The summed E-state index contributed by atoms with van der Waals surface area (Å²) in [6, 6.07) is 2.10. The number of fused-ring (bicyclic) bond motifs is 1.